The zero-order valence-electron chi connectivity index (χ0n) is 16.4. The molecule has 1 atom stereocenters. The largest absolute Gasteiger partial charge is 0.467 e. The molecule has 2 aromatic rings. The summed E-state index contributed by atoms with van der Waals surface area (Å²) in [6, 6.07) is 10.7. The van der Waals surface area contributed by atoms with Gasteiger partial charge in [-0.1, -0.05) is 37.1 Å². The molecule has 0 spiro atoms. The number of rotatable bonds is 9. The van der Waals surface area contributed by atoms with Crippen LogP contribution in [0.15, 0.2) is 52.2 Å². The smallest absolute Gasteiger partial charge is 0.257 e. The number of halogens is 1. The van der Waals surface area contributed by atoms with Gasteiger partial charge in [0.25, 0.3) is 5.91 Å². The highest BCUT2D eigenvalue weighted by Crippen LogP contribution is 2.33. The molecule has 0 bridgehead atoms. The second-order valence-electron chi connectivity index (χ2n) is 7.06. The second kappa shape index (κ2) is 9.71. The van der Waals surface area contributed by atoms with E-state index in [1.807, 2.05) is 18.2 Å². The summed E-state index contributed by atoms with van der Waals surface area (Å²) in [5.74, 6) is 0.0112. The van der Waals surface area contributed by atoms with E-state index in [0.717, 1.165) is 24.1 Å². The van der Waals surface area contributed by atoms with Crippen molar-refractivity contribution >= 4 is 29.1 Å². The predicted molar refractivity (Wildman–Crippen MR) is 111 cm³/mol. The van der Waals surface area contributed by atoms with Crippen molar-refractivity contribution in [3.63, 3.8) is 0 Å². The molecular formula is C21H25ClN4O3. The molecule has 0 fully saturated rings. The first-order valence-corrected chi connectivity index (χ1v) is 10.0. The fourth-order valence-corrected chi connectivity index (χ4v) is 3.47. The Bertz CT molecular complexity index is 865. The zero-order valence-corrected chi connectivity index (χ0v) is 17.1. The molecule has 7 nitrogen and oxygen atoms in total. The van der Waals surface area contributed by atoms with E-state index >= 15 is 0 Å². The number of primary amides is 1. The van der Waals surface area contributed by atoms with Crippen LogP contribution in [0.3, 0.4) is 0 Å². The van der Waals surface area contributed by atoms with Crippen molar-refractivity contribution < 1.29 is 14.0 Å². The van der Waals surface area contributed by atoms with E-state index in [0.29, 0.717) is 23.7 Å². The highest BCUT2D eigenvalue weighted by molar-refractivity contribution is 6.30. The average molecular weight is 417 g/mol. The molecule has 0 radical (unpaired) electrons. The normalized spacial score (nSPS) is 16.3. The van der Waals surface area contributed by atoms with Gasteiger partial charge in [-0.3, -0.25) is 14.5 Å². The number of carbonyl (C=O) groups excluding carboxylic acids is 2. The summed E-state index contributed by atoms with van der Waals surface area (Å²) in [6.45, 7) is 2.79. The van der Waals surface area contributed by atoms with Crippen LogP contribution in [0.5, 0.6) is 0 Å². The first-order chi connectivity index (χ1) is 14.0. The molecule has 2 N–H and O–H groups in total. The zero-order chi connectivity index (χ0) is 20.8. The number of hydrogen-bond acceptors (Lipinski definition) is 5. The van der Waals surface area contributed by atoms with Crippen LogP contribution in [0, 0.1) is 0 Å². The molecule has 3 rings (SSSR count). The molecule has 0 saturated carbocycles. The Morgan fingerprint density at radius 1 is 1.28 bits per heavy atom. The summed E-state index contributed by atoms with van der Waals surface area (Å²) in [5, 5.41) is 6.69. The summed E-state index contributed by atoms with van der Waals surface area (Å²) >= 11 is 5.99. The maximum absolute atomic E-state index is 13.1. The van der Waals surface area contributed by atoms with Gasteiger partial charge in [-0.2, -0.15) is 5.10 Å². The molecule has 1 aliphatic heterocycles. The van der Waals surface area contributed by atoms with Crippen molar-refractivity contribution in [1.29, 1.82) is 0 Å². The Labute approximate surface area is 175 Å². The van der Waals surface area contributed by atoms with Crippen molar-refractivity contribution in [2.75, 3.05) is 19.6 Å². The Hall–Kier alpha value is -2.64. The van der Waals surface area contributed by atoms with E-state index < -0.39 is 5.91 Å². The highest BCUT2D eigenvalue weighted by atomic mass is 35.5. The number of unbranched alkanes of at least 4 members (excludes halogenated alkanes) is 1. The van der Waals surface area contributed by atoms with Crippen molar-refractivity contribution in [3.8, 4) is 0 Å². The van der Waals surface area contributed by atoms with E-state index in [2.05, 4.69) is 12.0 Å². The lowest BCUT2D eigenvalue weighted by Gasteiger charge is -2.25. The molecule has 29 heavy (non-hydrogen) atoms. The van der Waals surface area contributed by atoms with Crippen LogP contribution < -0.4 is 5.73 Å². The van der Waals surface area contributed by atoms with Crippen molar-refractivity contribution in [1.82, 2.24) is 9.91 Å². The van der Waals surface area contributed by atoms with Crippen LogP contribution in [0.1, 0.15) is 43.6 Å². The Balaban J connectivity index is 1.82. The minimum atomic E-state index is -0.455. The fraction of sp³-hybridized carbons (Fsp3) is 0.381. The SMILES string of the molecule is CCCCN(CC(N)=O)CC(=O)N1N=C(c2ccc(Cl)cc2)CC1c1ccco1. The van der Waals surface area contributed by atoms with E-state index in [1.165, 1.54) is 5.01 Å². The lowest BCUT2D eigenvalue weighted by molar-refractivity contribution is -0.135. The summed E-state index contributed by atoms with van der Waals surface area (Å²) in [4.78, 5) is 26.3. The molecule has 2 heterocycles. The van der Waals surface area contributed by atoms with Crippen LogP contribution >= 0.6 is 11.6 Å². The van der Waals surface area contributed by atoms with Crippen molar-refractivity contribution in [3.05, 3.63) is 59.0 Å². The number of hydrogen-bond donors (Lipinski definition) is 1. The quantitative estimate of drug-likeness (QED) is 0.679. The Kier molecular flexibility index (Phi) is 7.06. The molecule has 1 aromatic carbocycles. The summed E-state index contributed by atoms with van der Waals surface area (Å²) in [6.07, 6.45) is 3.95. The van der Waals surface area contributed by atoms with E-state index in [9.17, 15) is 9.59 Å². The van der Waals surface area contributed by atoms with Gasteiger partial charge in [-0.15, -0.1) is 0 Å². The number of furan rings is 1. The molecule has 1 aliphatic rings. The predicted octanol–water partition coefficient (Wildman–Crippen LogP) is 3.20. The Morgan fingerprint density at radius 2 is 2.03 bits per heavy atom. The maximum Gasteiger partial charge on any atom is 0.257 e. The molecule has 1 unspecified atom stereocenters. The van der Waals surface area contributed by atoms with Gasteiger partial charge >= 0.3 is 0 Å². The standard InChI is InChI=1S/C21H25ClN4O3/c1-2-3-10-25(13-20(23)27)14-21(28)26-18(19-5-4-11-29-19)12-17(24-26)15-6-8-16(22)9-7-15/h4-9,11,18H,2-3,10,12-14H2,1H3,(H2,23,27). The molecule has 154 valence electrons. The number of nitrogens with two attached hydrogens (primary N) is 1. The first kappa shape index (κ1) is 21.1. The number of benzene rings is 1. The molecule has 8 heteroatoms. The molecule has 2 amide bonds. The van der Waals surface area contributed by atoms with E-state index in [4.69, 9.17) is 21.8 Å². The third-order valence-corrected chi connectivity index (χ3v) is 5.03. The van der Waals surface area contributed by atoms with Crippen molar-refractivity contribution in [2.24, 2.45) is 10.8 Å². The van der Waals surface area contributed by atoms with Crippen LogP contribution in [0.25, 0.3) is 0 Å². The Morgan fingerprint density at radius 3 is 2.66 bits per heavy atom. The summed E-state index contributed by atoms with van der Waals surface area (Å²) in [7, 11) is 0. The minimum Gasteiger partial charge on any atom is -0.467 e. The number of amides is 2. The molecule has 0 aliphatic carbocycles. The van der Waals surface area contributed by atoms with Gasteiger partial charge in [-0.05, 0) is 42.8 Å². The molecule has 1 aromatic heterocycles. The van der Waals surface area contributed by atoms with Gasteiger partial charge in [-0.25, -0.2) is 5.01 Å². The monoisotopic (exact) mass is 416 g/mol. The van der Waals surface area contributed by atoms with Crippen LogP contribution in [0.4, 0.5) is 0 Å². The number of carbonyl (C=O) groups is 2. The van der Waals surface area contributed by atoms with Gasteiger partial charge in [0, 0.05) is 11.4 Å². The lowest BCUT2D eigenvalue weighted by Crippen LogP contribution is -2.42. The highest BCUT2D eigenvalue weighted by Gasteiger charge is 2.35. The summed E-state index contributed by atoms with van der Waals surface area (Å²) in [5.41, 5.74) is 7.04. The van der Waals surface area contributed by atoms with E-state index in [1.54, 1.807) is 29.4 Å². The van der Waals surface area contributed by atoms with Gasteiger partial charge < -0.3 is 10.2 Å². The molecular weight excluding hydrogens is 392 g/mol. The van der Waals surface area contributed by atoms with E-state index in [-0.39, 0.29) is 25.0 Å². The molecule has 0 saturated heterocycles. The van der Waals surface area contributed by atoms with Gasteiger partial charge in [0.05, 0.1) is 25.1 Å². The number of hydrazone groups is 1. The van der Waals surface area contributed by atoms with Gasteiger partial charge in [0.2, 0.25) is 5.91 Å². The van der Waals surface area contributed by atoms with Crippen LogP contribution in [-0.2, 0) is 9.59 Å². The van der Waals surface area contributed by atoms with Crippen LogP contribution in [0.2, 0.25) is 5.02 Å². The second-order valence-corrected chi connectivity index (χ2v) is 7.49. The van der Waals surface area contributed by atoms with Crippen molar-refractivity contribution in [2.45, 2.75) is 32.2 Å². The first-order valence-electron chi connectivity index (χ1n) is 9.67. The van der Waals surface area contributed by atoms with Gasteiger partial charge in [0.1, 0.15) is 11.8 Å². The number of nitrogens with zero attached hydrogens (tertiary/aromatic N) is 3. The van der Waals surface area contributed by atoms with Gasteiger partial charge in [0.15, 0.2) is 0 Å². The topological polar surface area (TPSA) is 92.1 Å². The summed E-state index contributed by atoms with van der Waals surface area (Å²) < 4.78 is 5.56. The minimum absolute atomic E-state index is 0.0404. The average Bonchev–Trinajstić information content (AvgIpc) is 3.35. The fourth-order valence-electron chi connectivity index (χ4n) is 3.34. The van der Waals surface area contributed by atoms with Crippen LogP contribution in [-0.4, -0.2) is 47.1 Å². The maximum atomic E-state index is 13.1. The lowest BCUT2D eigenvalue weighted by atomic mass is 10.0. The third-order valence-electron chi connectivity index (χ3n) is 4.78. The third kappa shape index (κ3) is 5.46.